The molecule has 0 aromatic carbocycles. The molecule has 7 heteroatoms. The van der Waals surface area contributed by atoms with E-state index >= 15 is 0 Å². The van der Waals surface area contributed by atoms with Gasteiger partial charge in [0, 0.05) is 13.1 Å². The van der Waals surface area contributed by atoms with E-state index in [1.165, 1.54) is 12.1 Å². The number of halogens is 2. The molecule has 1 N–H and O–H groups in total. The van der Waals surface area contributed by atoms with Crippen LogP contribution in [0.5, 0.6) is 0 Å². The van der Waals surface area contributed by atoms with Crippen LogP contribution < -0.4 is 5.32 Å². The number of hydrogen-bond donors (Lipinski definition) is 1. The van der Waals surface area contributed by atoms with Gasteiger partial charge in [0.15, 0.2) is 17.3 Å². The van der Waals surface area contributed by atoms with Gasteiger partial charge in [0.25, 0.3) is 6.43 Å². The lowest BCUT2D eigenvalue weighted by Crippen LogP contribution is -2.28. The van der Waals surface area contributed by atoms with Crippen LogP contribution in [0.1, 0.15) is 18.0 Å². The van der Waals surface area contributed by atoms with Crippen LogP contribution in [-0.4, -0.2) is 21.3 Å². The molecule has 1 aliphatic rings. The molecular formula is C10H10F2N4O. The van der Waals surface area contributed by atoms with E-state index in [0.29, 0.717) is 24.7 Å². The Kier molecular flexibility index (Phi) is 2.40. The van der Waals surface area contributed by atoms with Gasteiger partial charge in [0.1, 0.15) is 5.82 Å². The summed E-state index contributed by atoms with van der Waals surface area (Å²) in [6.45, 7) is 2.15. The summed E-state index contributed by atoms with van der Waals surface area (Å²) in [5, 5.41) is 11.1. The van der Waals surface area contributed by atoms with Gasteiger partial charge in [-0.3, -0.25) is 0 Å². The van der Waals surface area contributed by atoms with Crippen molar-refractivity contribution >= 4 is 0 Å². The highest BCUT2D eigenvalue weighted by atomic mass is 19.3. The van der Waals surface area contributed by atoms with E-state index in [2.05, 4.69) is 15.5 Å². The van der Waals surface area contributed by atoms with E-state index in [1.54, 1.807) is 0 Å². The minimum absolute atomic E-state index is 0.334. The highest BCUT2D eigenvalue weighted by molar-refractivity contribution is 5.48. The van der Waals surface area contributed by atoms with Crippen molar-refractivity contribution in [2.24, 2.45) is 0 Å². The maximum absolute atomic E-state index is 12.4. The Morgan fingerprint density at radius 1 is 1.35 bits per heavy atom. The van der Waals surface area contributed by atoms with Crippen molar-refractivity contribution in [3.05, 3.63) is 23.7 Å². The van der Waals surface area contributed by atoms with Gasteiger partial charge >= 0.3 is 0 Å². The van der Waals surface area contributed by atoms with Crippen LogP contribution in [0.4, 0.5) is 8.78 Å². The second kappa shape index (κ2) is 3.92. The first-order valence-corrected chi connectivity index (χ1v) is 5.27. The van der Waals surface area contributed by atoms with Crippen molar-refractivity contribution < 1.29 is 13.2 Å². The quantitative estimate of drug-likeness (QED) is 0.865. The van der Waals surface area contributed by atoms with Crippen LogP contribution in [0.2, 0.25) is 0 Å². The van der Waals surface area contributed by atoms with Crippen LogP contribution in [0, 0.1) is 0 Å². The van der Waals surface area contributed by atoms with Crippen LogP contribution in [0.15, 0.2) is 16.5 Å². The zero-order valence-corrected chi connectivity index (χ0v) is 8.86. The smallest absolute Gasteiger partial charge is 0.295 e. The monoisotopic (exact) mass is 240 g/mol. The summed E-state index contributed by atoms with van der Waals surface area (Å²) in [4.78, 5) is 0. The molecule has 1 aliphatic heterocycles. The summed E-state index contributed by atoms with van der Waals surface area (Å²) < 4.78 is 31.8. The molecular weight excluding hydrogens is 230 g/mol. The first-order chi connectivity index (χ1) is 8.25. The van der Waals surface area contributed by atoms with Crippen LogP contribution >= 0.6 is 0 Å². The molecule has 2 aromatic rings. The Labute approximate surface area is 95.4 Å². The average Bonchev–Trinajstić information content (AvgIpc) is 2.95. The first-order valence-electron chi connectivity index (χ1n) is 5.27. The SMILES string of the molecule is FC(F)c1ccc(-c2nnc3n2CCNC3)o1. The molecule has 0 atom stereocenters. The Balaban J connectivity index is 2.00. The highest BCUT2D eigenvalue weighted by Gasteiger charge is 2.20. The summed E-state index contributed by atoms with van der Waals surface area (Å²) in [5.41, 5.74) is 0. The van der Waals surface area contributed by atoms with Crippen LogP contribution in [-0.2, 0) is 13.1 Å². The number of rotatable bonds is 2. The van der Waals surface area contributed by atoms with Gasteiger partial charge in [-0.2, -0.15) is 0 Å². The van der Waals surface area contributed by atoms with E-state index in [1.807, 2.05) is 4.57 Å². The largest absolute Gasteiger partial charge is 0.452 e. The van der Waals surface area contributed by atoms with E-state index in [-0.39, 0.29) is 5.76 Å². The van der Waals surface area contributed by atoms with E-state index in [4.69, 9.17) is 4.42 Å². The average molecular weight is 240 g/mol. The number of furan rings is 1. The molecule has 0 bridgehead atoms. The standard InChI is InChI=1S/C10H10F2N4O/c11-9(12)6-1-2-7(17-6)10-15-14-8-5-13-3-4-16(8)10/h1-2,9,13H,3-5H2. The number of fused-ring (bicyclic) bond motifs is 1. The van der Waals surface area contributed by atoms with E-state index in [9.17, 15) is 8.78 Å². The van der Waals surface area contributed by atoms with Crippen LogP contribution in [0.3, 0.4) is 0 Å². The maximum atomic E-state index is 12.4. The Hall–Kier alpha value is -1.76. The van der Waals surface area contributed by atoms with Crippen molar-refractivity contribution in [1.29, 1.82) is 0 Å². The molecule has 5 nitrogen and oxygen atoms in total. The predicted octanol–water partition coefficient (Wildman–Crippen LogP) is 1.58. The normalized spacial score (nSPS) is 15.2. The molecule has 3 heterocycles. The fourth-order valence-corrected chi connectivity index (χ4v) is 1.86. The lowest BCUT2D eigenvalue weighted by Gasteiger charge is -2.14. The van der Waals surface area contributed by atoms with Gasteiger partial charge in [-0.15, -0.1) is 10.2 Å². The summed E-state index contributed by atoms with van der Waals surface area (Å²) in [7, 11) is 0. The zero-order valence-electron chi connectivity index (χ0n) is 8.86. The number of hydrogen-bond acceptors (Lipinski definition) is 4. The van der Waals surface area contributed by atoms with Crippen LogP contribution in [0.25, 0.3) is 11.6 Å². The molecule has 0 radical (unpaired) electrons. The van der Waals surface area contributed by atoms with Crippen molar-refractivity contribution in [3.63, 3.8) is 0 Å². The summed E-state index contributed by atoms with van der Waals surface area (Å²) in [6.07, 6.45) is -2.60. The highest BCUT2D eigenvalue weighted by Crippen LogP contribution is 2.27. The predicted molar refractivity (Wildman–Crippen MR) is 54.4 cm³/mol. The molecule has 0 saturated carbocycles. The third-order valence-electron chi connectivity index (χ3n) is 2.68. The topological polar surface area (TPSA) is 55.9 Å². The molecule has 3 rings (SSSR count). The number of alkyl halides is 2. The molecule has 0 aliphatic carbocycles. The number of nitrogens with one attached hydrogen (secondary N) is 1. The lowest BCUT2D eigenvalue weighted by atomic mass is 10.3. The molecule has 2 aromatic heterocycles. The van der Waals surface area contributed by atoms with Gasteiger partial charge < -0.3 is 14.3 Å². The summed E-state index contributed by atoms with van der Waals surface area (Å²) in [5.74, 6) is 1.29. The second-order valence-corrected chi connectivity index (χ2v) is 3.77. The fraction of sp³-hybridized carbons (Fsp3) is 0.400. The minimum Gasteiger partial charge on any atom is -0.452 e. The van der Waals surface area contributed by atoms with Gasteiger partial charge in [0.2, 0.25) is 0 Å². The molecule has 0 amide bonds. The molecule has 0 saturated heterocycles. The van der Waals surface area contributed by atoms with Crippen molar-refractivity contribution in [2.75, 3.05) is 6.54 Å². The number of aromatic nitrogens is 3. The van der Waals surface area contributed by atoms with Gasteiger partial charge in [0.05, 0.1) is 6.54 Å². The molecule has 90 valence electrons. The van der Waals surface area contributed by atoms with Gasteiger partial charge in [-0.1, -0.05) is 0 Å². The van der Waals surface area contributed by atoms with Gasteiger partial charge in [-0.05, 0) is 12.1 Å². The van der Waals surface area contributed by atoms with Crippen molar-refractivity contribution in [1.82, 2.24) is 20.1 Å². The zero-order chi connectivity index (χ0) is 11.8. The second-order valence-electron chi connectivity index (χ2n) is 3.77. The number of nitrogens with zero attached hydrogens (tertiary/aromatic N) is 3. The van der Waals surface area contributed by atoms with Crippen molar-refractivity contribution in [2.45, 2.75) is 19.5 Å². The summed E-state index contributed by atoms with van der Waals surface area (Å²) in [6, 6.07) is 2.77. The molecule has 17 heavy (non-hydrogen) atoms. The first kappa shape index (κ1) is 10.4. The lowest BCUT2D eigenvalue weighted by molar-refractivity contribution is 0.122. The third kappa shape index (κ3) is 1.72. The Bertz CT molecular complexity index is 534. The molecule has 0 unspecified atom stereocenters. The third-order valence-corrected chi connectivity index (χ3v) is 2.68. The van der Waals surface area contributed by atoms with Crippen molar-refractivity contribution in [3.8, 4) is 11.6 Å². The maximum Gasteiger partial charge on any atom is 0.295 e. The Morgan fingerprint density at radius 2 is 2.24 bits per heavy atom. The minimum atomic E-state index is -2.60. The van der Waals surface area contributed by atoms with E-state index in [0.717, 1.165) is 12.4 Å². The summed E-state index contributed by atoms with van der Waals surface area (Å²) >= 11 is 0. The fourth-order valence-electron chi connectivity index (χ4n) is 1.86. The van der Waals surface area contributed by atoms with Gasteiger partial charge in [-0.25, -0.2) is 8.78 Å². The Morgan fingerprint density at radius 3 is 3.00 bits per heavy atom. The molecule has 0 fully saturated rings. The molecule has 0 spiro atoms. The van der Waals surface area contributed by atoms with E-state index < -0.39 is 6.43 Å².